The molecule has 2 atom stereocenters. The molecule has 1 aromatic carbocycles. The van der Waals surface area contributed by atoms with Gasteiger partial charge in [0.05, 0.1) is 34.4 Å². The number of halogens is 2. The van der Waals surface area contributed by atoms with Gasteiger partial charge in [-0.25, -0.2) is 0 Å². The Morgan fingerprint density at radius 2 is 2.13 bits per heavy atom. The maximum Gasteiger partial charge on any atom is 0.255 e. The number of methoxy groups -OCH3 is 1. The second-order valence-electron chi connectivity index (χ2n) is 7.53. The highest BCUT2D eigenvalue weighted by molar-refractivity contribution is 9.10. The van der Waals surface area contributed by atoms with Crippen molar-refractivity contribution in [3.8, 4) is 11.5 Å². The van der Waals surface area contributed by atoms with Crippen molar-refractivity contribution in [3.05, 3.63) is 21.1 Å². The molecule has 0 radical (unpaired) electrons. The molecule has 10 heteroatoms. The Bertz CT molecular complexity index is 750. The Morgan fingerprint density at radius 1 is 1.40 bits per heavy atom. The molecule has 1 fully saturated rings. The summed E-state index contributed by atoms with van der Waals surface area (Å²) in [6.07, 6.45) is 0.498. The van der Waals surface area contributed by atoms with Gasteiger partial charge >= 0.3 is 0 Å². The predicted molar refractivity (Wildman–Crippen MR) is 115 cm³/mol. The van der Waals surface area contributed by atoms with Gasteiger partial charge in [0, 0.05) is 45.5 Å². The van der Waals surface area contributed by atoms with Crippen molar-refractivity contribution in [3.63, 3.8) is 0 Å². The second-order valence-corrected chi connectivity index (χ2v) is 8.73. The lowest BCUT2D eigenvalue weighted by molar-refractivity contribution is -0.0601. The molecule has 2 aliphatic rings. The number of rotatable bonds is 7. The molecular formula is C20H28BrClN2O6. The van der Waals surface area contributed by atoms with Crippen LogP contribution in [0.1, 0.15) is 29.6 Å². The third-order valence-corrected chi connectivity index (χ3v) is 6.78. The standard InChI is InChI=1S/C20H28BrClN2O6/c1-28-15-11-24(6-4-16(25)26)5-3-12(15)10-23-20(27)13-9-14(22)17(21)19-18(13)29-7-2-8-30-19/h9,12,15-16,25-26H,2-8,10-11H2,1H3,(H,23,27)/t12-,15+/m0/s1. The molecule has 0 aliphatic carbocycles. The van der Waals surface area contributed by atoms with Crippen molar-refractivity contribution in [1.29, 1.82) is 0 Å². The largest absolute Gasteiger partial charge is 0.489 e. The first kappa shape index (κ1) is 23.6. The number of aliphatic hydroxyl groups is 2. The molecular weight excluding hydrogens is 480 g/mol. The van der Waals surface area contributed by atoms with Crippen LogP contribution in [-0.4, -0.2) is 79.9 Å². The van der Waals surface area contributed by atoms with Crippen LogP contribution in [0.4, 0.5) is 0 Å². The van der Waals surface area contributed by atoms with Gasteiger partial charge in [-0.3, -0.25) is 4.79 Å². The number of nitrogens with zero attached hydrogens (tertiary/aromatic N) is 1. The molecule has 0 spiro atoms. The fraction of sp³-hybridized carbons (Fsp3) is 0.650. The molecule has 3 N–H and O–H groups in total. The monoisotopic (exact) mass is 506 g/mol. The van der Waals surface area contributed by atoms with Gasteiger partial charge in [0.25, 0.3) is 5.91 Å². The first-order chi connectivity index (χ1) is 14.4. The number of amides is 1. The molecule has 2 heterocycles. The van der Waals surface area contributed by atoms with Crippen molar-refractivity contribution < 1.29 is 29.2 Å². The Labute approximate surface area is 189 Å². The van der Waals surface area contributed by atoms with Gasteiger partial charge in [-0.1, -0.05) is 11.6 Å². The van der Waals surface area contributed by atoms with Gasteiger partial charge < -0.3 is 34.6 Å². The summed E-state index contributed by atoms with van der Waals surface area (Å²) in [5.41, 5.74) is 0.350. The molecule has 0 unspecified atom stereocenters. The van der Waals surface area contributed by atoms with E-state index in [-0.39, 0.29) is 17.9 Å². The van der Waals surface area contributed by atoms with E-state index in [0.29, 0.717) is 65.8 Å². The molecule has 2 aliphatic heterocycles. The first-order valence-electron chi connectivity index (χ1n) is 10.1. The van der Waals surface area contributed by atoms with Crippen LogP contribution in [0.5, 0.6) is 11.5 Å². The number of hydrogen-bond donors (Lipinski definition) is 3. The maximum absolute atomic E-state index is 12.9. The number of ether oxygens (including phenoxy) is 3. The molecule has 168 valence electrons. The van der Waals surface area contributed by atoms with Gasteiger partial charge in [0.2, 0.25) is 0 Å². The quantitative estimate of drug-likeness (QED) is 0.486. The Hall–Kier alpha value is -1.10. The normalized spacial score (nSPS) is 22.1. The van der Waals surface area contributed by atoms with Crippen LogP contribution in [0.25, 0.3) is 0 Å². The summed E-state index contributed by atoms with van der Waals surface area (Å²) >= 11 is 9.70. The Morgan fingerprint density at radius 3 is 2.83 bits per heavy atom. The average Bonchev–Trinajstić information content (AvgIpc) is 2.99. The summed E-state index contributed by atoms with van der Waals surface area (Å²) in [5.74, 6) is 0.740. The van der Waals surface area contributed by atoms with Crippen molar-refractivity contribution in [2.24, 2.45) is 5.92 Å². The third kappa shape index (κ3) is 5.77. The minimum absolute atomic E-state index is 0.0555. The van der Waals surface area contributed by atoms with Gasteiger partial charge in [-0.15, -0.1) is 0 Å². The van der Waals surface area contributed by atoms with E-state index < -0.39 is 6.29 Å². The number of aliphatic hydroxyl groups excluding tert-OH is 1. The highest BCUT2D eigenvalue weighted by Crippen LogP contribution is 2.44. The third-order valence-electron chi connectivity index (χ3n) is 5.47. The van der Waals surface area contributed by atoms with Crippen LogP contribution in [0.15, 0.2) is 10.5 Å². The number of hydrogen-bond acceptors (Lipinski definition) is 7. The summed E-state index contributed by atoms with van der Waals surface area (Å²) in [7, 11) is 1.66. The van der Waals surface area contributed by atoms with E-state index in [2.05, 4.69) is 26.1 Å². The van der Waals surface area contributed by atoms with Gasteiger partial charge in [-0.2, -0.15) is 0 Å². The molecule has 0 aromatic heterocycles. The van der Waals surface area contributed by atoms with E-state index in [1.807, 2.05) is 0 Å². The smallest absolute Gasteiger partial charge is 0.255 e. The molecule has 0 bridgehead atoms. The summed E-state index contributed by atoms with van der Waals surface area (Å²) in [6, 6.07) is 1.59. The number of piperidine rings is 1. The van der Waals surface area contributed by atoms with Crippen molar-refractivity contribution in [2.75, 3.05) is 46.5 Å². The number of likely N-dealkylation sites (tertiary alicyclic amines) is 1. The molecule has 1 amide bonds. The zero-order chi connectivity index (χ0) is 21.7. The highest BCUT2D eigenvalue weighted by Gasteiger charge is 2.31. The van der Waals surface area contributed by atoms with Crippen LogP contribution in [0.3, 0.4) is 0 Å². The number of fused-ring (bicyclic) bond motifs is 1. The number of nitrogens with one attached hydrogen (secondary N) is 1. The average molecular weight is 508 g/mol. The molecule has 30 heavy (non-hydrogen) atoms. The summed E-state index contributed by atoms with van der Waals surface area (Å²) in [4.78, 5) is 15.1. The van der Waals surface area contributed by atoms with Gasteiger partial charge in [-0.05, 0) is 35.0 Å². The fourth-order valence-electron chi connectivity index (χ4n) is 3.78. The molecule has 0 saturated carbocycles. The van der Waals surface area contributed by atoms with E-state index in [9.17, 15) is 4.79 Å². The first-order valence-corrected chi connectivity index (χ1v) is 11.2. The molecule has 3 rings (SSSR count). The maximum atomic E-state index is 12.9. The van der Waals surface area contributed by atoms with E-state index in [0.717, 1.165) is 19.4 Å². The summed E-state index contributed by atoms with van der Waals surface area (Å²) < 4.78 is 17.7. The lowest BCUT2D eigenvalue weighted by Gasteiger charge is -2.38. The van der Waals surface area contributed by atoms with E-state index in [1.54, 1.807) is 13.2 Å². The van der Waals surface area contributed by atoms with Crippen LogP contribution in [0.2, 0.25) is 5.02 Å². The topological polar surface area (TPSA) is 100 Å². The van der Waals surface area contributed by atoms with Crippen molar-refractivity contribution in [1.82, 2.24) is 10.2 Å². The van der Waals surface area contributed by atoms with Gasteiger partial charge in [0.1, 0.15) is 0 Å². The predicted octanol–water partition coefficient (Wildman–Crippen LogP) is 2.03. The zero-order valence-corrected chi connectivity index (χ0v) is 19.2. The Balaban J connectivity index is 1.64. The van der Waals surface area contributed by atoms with E-state index in [4.69, 9.17) is 36.0 Å². The summed E-state index contributed by atoms with van der Waals surface area (Å²) in [6.45, 7) is 3.50. The van der Waals surface area contributed by atoms with Crippen molar-refractivity contribution >= 4 is 33.4 Å². The fourth-order valence-corrected chi connectivity index (χ4v) is 4.39. The number of benzene rings is 1. The van der Waals surface area contributed by atoms with Crippen LogP contribution in [0, 0.1) is 5.92 Å². The van der Waals surface area contributed by atoms with Crippen LogP contribution >= 0.6 is 27.5 Å². The van der Waals surface area contributed by atoms with Crippen LogP contribution < -0.4 is 14.8 Å². The number of carbonyl (C=O) groups excluding carboxylic acids is 1. The zero-order valence-electron chi connectivity index (χ0n) is 16.9. The van der Waals surface area contributed by atoms with E-state index >= 15 is 0 Å². The Kier molecular flexibility index (Phi) is 8.62. The molecule has 8 nitrogen and oxygen atoms in total. The molecule has 1 aromatic rings. The summed E-state index contributed by atoms with van der Waals surface area (Å²) in [5, 5.41) is 21.5. The van der Waals surface area contributed by atoms with E-state index in [1.165, 1.54) is 0 Å². The lowest BCUT2D eigenvalue weighted by atomic mass is 9.93. The minimum Gasteiger partial charge on any atom is -0.489 e. The van der Waals surface area contributed by atoms with Crippen molar-refractivity contribution in [2.45, 2.75) is 31.7 Å². The SMILES string of the molecule is CO[C@@H]1CN(CCC(O)O)CC[C@H]1CNC(=O)c1cc(Cl)c(Br)c2c1OCCCO2. The lowest BCUT2D eigenvalue weighted by Crippen LogP contribution is -2.49. The second kappa shape index (κ2) is 11.0. The van der Waals surface area contributed by atoms with Gasteiger partial charge in [0.15, 0.2) is 17.8 Å². The molecule has 1 saturated heterocycles. The minimum atomic E-state index is -1.30. The number of carbonyl (C=O) groups is 1. The highest BCUT2D eigenvalue weighted by atomic mass is 79.9. The van der Waals surface area contributed by atoms with Crippen LogP contribution in [-0.2, 0) is 4.74 Å².